The van der Waals surface area contributed by atoms with Crippen LogP contribution in [0.15, 0.2) is 30.3 Å². The summed E-state index contributed by atoms with van der Waals surface area (Å²) in [5.74, 6) is -0.392. The molecule has 3 rings (SSSR count). The highest BCUT2D eigenvalue weighted by Gasteiger charge is 2.51. The van der Waals surface area contributed by atoms with Crippen molar-refractivity contribution in [3.63, 3.8) is 0 Å². The number of nitrogens with zero attached hydrogens (tertiary/aromatic N) is 1. The lowest BCUT2D eigenvalue weighted by Crippen LogP contribution is -2.48. The number of hydrogen-bond acceptors (Lipinski definition) is 4. The molecule has 1 amide bonds. The second-order valence-corrected chi connectivity index (χ2v) is 8.69. The number of rotatable bonds is 4. The second-order valence-electron chi connectivity index (χ2n) is 8.69. The Kier molecular flexibility index (Phi) is 5.65. The van der Waals surface area contributed by atoms with Crippen LogP contribution in [0.2, 0.25) is 0 Å². The molecule has 1 saturated carbocycles. The van der Waals surface area contributed by atoms with Gasteiger partial charge in [0.15, 0.2) is 6.23 Å². The Bertz CT molecular complexity index is 696. The van der Waals surface area contributed by atoms with E-state index >= 15 is 0 Å². The summed E-state index contributed by atoms with van der Waals surface area (Å²) in [5, 5.41) is 0. The van der Waals surface area contributed by atoms with Crippen LogP contribution in [0.4, 0.5) is 4.79 Å². The van der Waals surface area contributed by atoms with Gasteiger partial charge in [0.2, 0.25) is 0 Å². The summed E-state index contributed by atoms with van der Waals surface area (Å²) < 4.78 is 20.0. The number of hydrogen-bond donors (Lipinski definition) is 0. The van der Waals surface area contributed by atoms with Gasteiger partial charge in [-0.25, -0.2) is 9.59 Å². The van der Waals surface area contributed by atoms with Gasteiger partial charge in [-0.2, -0.15) is 0 Å². The zero-order valence-corrected chi connectivity index (χ0v) is 16.6. The standard InChI is InChI=1S/C22H31NO4/c1-22(2,3)20-23(21(25)26-15-17-12-8-5-9-13-17)18(19(24)27-20)14-16-10-6-4-7-11-16/h5,8-9,12-13,16,18,20H,4,6-7,10-11,14-15H2,1-3H3/t18-,20-/m0/s1/i18D. The predicted octanol–water partition coefficient (Wildman–Crippen LogP) is 4.89. The first kappa shape index (κ1) is 18.3. The fraction of sp³-hybridized carbons (Fsp3) is 0.636. The summed E-state index contributed by atoms with van der Waals surface area (Å²) in [6.45, 7) is 5.79. The van der Waals surface area contributed by atoms with E-state index in [9.17, 15) is 9.59 Å². The Labute approximate surface area is 163 Å². The minimum Gasteiger partial charge on any atom is -0.444 e. The smallest absolute Gasteiger partial charge is 0.413 e. The van der Waals surface area contributed by atoms with Crippen LogP contribution in [-0.2, 0) is 20.9 Å². The van der Waals surface area contributed by atoms with Crippen LogP contribution in [-0.4, -0.2) is 29.2 Å². The predicted molar refractivity (Wildman–Crippen MR) is 103 cm³/mol. The van der Waals surface area contributed by atoms with E-state index < -0.39 is 29.7 Å². The molecule has 5 nitrogen and oxygen atoms in total. The molecule has 0 bridgehead atoms. The molecule has 1 heterocycles. The summed E-state index contributed by atoms with van der Waals surface area (Å²) >= 11 is 0. The first-order chi connectivity index (χ1) is 13.2. The van der Waals surface area contributed by atoms with Crippen LogP contribution in [0.25, 0.3) is 0 Å². The van der Waals surface area contributed by atoms with Crippen LogP contribution in [0.1, 0.15) is 66.2 Å². The van der Waals surface area contributed by atoms with Gasteiger partial charge < -0.3 is 9.47 Å². The fourth-order valence-electron chi connectivity index (χ4n) is 3.87. The van der Waals surface area contributed by atoms with Gasteiger partial charge in [-0.05, 0) is 17.9 Å². The first-order valence-corrected chi connectivity index (χ1v) is 9.93. The lowest BCUT2D eigenvalue weighted by atomic mass is 9.84. The largest absolute Gasteiger partial charge is 0.444 e. The second kappa shape index (κ2) is 8.32. The topological polar surface area (TPSA) is 55.8 Å². The van der Waals surface area contributed by atoms with Crippen molar-refractivity contribution >= 4 is 12.1 Å². The van der Waals surface area contributed by atoms with Crippen molar-refractivity contribution in [1.82, 2.24) is 4.90 Å². The molecule has 0 aromatic heterocycles. The number of benzene rings is 1. The molecule has 2 fully saturated rings. The molecule has 148 valence electrons. The molecule has 2 atom stereocenters. The van der Waals surface area contributed by atoms with Gasteiger partial charge in [0.05, 0.1) is 1.37 Å². The third-order valence-electron chi connectivity index (χ3n) is 5.33. The van der Waals surface area contributed by atoms with E-state index in [1.807, 2.05) is 51.1 Å². The molecule has 2 aliphatic rings. The maximum Gasteiger partial charge on any atom is 0.413 e. The molecule has 1 aliphatic carbocycles. The average Bonchev–Trinajstić information content (AvgIpc) is 2.92. The molecule has 0 spiro atoms. The SMILES string of the molecule is [2H][C@]1(CC2CCCCC2)C(=O)O[C@@H](C(C)(C)C)N1C(=O)OCc1ccccc1. The van der Waals surface area contributed by atoms with Gasteiger partial charge in [-0.1, -0.05) is 83.2 Å². The van der Waals surface area contributed by atoms with Crippen molar-refractivity contribution in [1.29, 1.82) is 0 Å². The third-order valence-corrected chi connectivity index (χ3v) is 5.33. The van der Waals surface area contributed by atoms with E-state index in [0.717, 1.165) is 31.2 Å². The Morgan fingerprint density at radius 1 is 1.22 bits per heavy atom. The first-order valence-electron chi connectivity index (χ1n) is 10.4. The highest BCUT2D eigenvalue weighted by Crippen LogP contribution is 2.37. The van der Waals surface area contributed by atoms with Crippen LogP contribution in [0.5, 0.6) is 0 Å². The lowest BCUT2D eigenvalue weighted by molar-refractivity contribution is -0.147. The average molecular weight is 374 g/mol. The maximum absolute atomic E-state index is 13.0. The molecular formula is C22H31NO4. The molecule has 5 heteroatoms. The number of ether oxygens (including phenoxy) is 2. The Morgan fingerprint density at radius 3 is 2.52 bits per heavy atom. The highest BCUT2D eigenvalue weighted by atomic mass is 16.6. The minimum atomic E-state index is -1.73. The lowest BCUT2D eigenvalue weighted by Gasteiger charge is -2.34. The van der Waals surface area contributed by atoms with Crippen LogP contribution >= 0.6 is 0 Å². The van der Waals surface area contributed by atoms with Gasteiger partial charge in [0.25, 0.3) is 0 Å². The van der Waals surface area contributed by atoms with Gasteiger partial charge in [0.1, 0.15) is 12.6 Å². The Morgan fingerprint density at radius 2 is 1.89 bits per heavy atom. The van der Waals surface area contributed by atoms with E-state index in [0.29, 0.717) is 6.42 Å². The van der Waals surface area contributed by atoms with Crippen LogP contribution < -0.4 is 0 Å². The van der Waals surface area contributed by atoms with Gasteiger partial charge >= 0.3 is 12.1 Å². The van der Waals surface area contributed by atoms with E-state index in [1.54, 1.807) is 0 Å². The zero-order valence-electron chi connectivity index (χ0n) is 17.6. The molecule has 0 N–H and O–H groups in total. The van der Waals surface area contributed by atoms with Gasteiger partial charge in [0, 0.05) is 5.41 Å². The third kappa shape index (κ3) is 4.82. The summed E-state index contributed by atoms with van der Waals surface area (Å²) in [5.41, 5.74) is 0.342. The molecule has 1 aromatic carbocycles. The molecular weight excluding hydrogens is 342 g/mol. The number of esters is 1. The number of carbonyl (C=O) groups is 2. The number of cyclic esters (lactones) is 1. The Hall–Kier alpha value is -2.04. The Balaban J connectivity index is 1.81. The molecule has 27 heavy (non-hydrogen) atoms. The maximum atomic E-state index is 13.0. The molecule has 1 aliphatic heterocycles. The van der Waals surface area contributed by atoms with Crippen molar-refractivity contribution in [2.24, 2.45) is 11.3 Å². The van der Waals surface area contributed by atoms with E-state index in [-0.39, 0.29) is 12.5 Å². The van der Waals surface area contributed by atoms with E-state index in [2.05, 4.69) is 0 Å². The van der Waals surface area contributed by atoms with E-state index in [4.69, 9.17) is 10.8 Å². The van der Waals surface area contributed by atoms with Crippen LogP contribution in [0, 0.1) is 11.3 Å². The summed E-state index contributed by atoms with van der Waals surface area (Å²) in [6, 6.07) is 7.66. The number of amides is 1. The van der Waals surface area contributed by atoms with Crippen LogP contribution in [0.3, 0.4) is 0 Å². The summed E-state index contributed by atoms with van der Waals surface area (Å²) in [4.78, 5) is 27.0. The van der Waals surface area contributed by atoms with Gasteiger partial charge in [-0.15, -0.1) is 0 Å². The van der Waals surface area contributed by atoms with E-state index in [1.165, 1.54) is 11.3 Å². The van der Waals surface area contributed by atoms with Gasteiger partial charge in [-0.3, -0.25) is 4.90 Å². The molecule has 1 aromatic rings. The van der Waals surface area contributed by atoms with Crippen molar-refractivity contribution in [3.05, 3.63) is 35.9 Å². The normalized spacial score (nSPS) is 27.2. The molecule has 1 saturated heterocycles. The molecule has 0 unspecified atom stereocenters. The number of carbonyl (C=O) groups excluding carboxylic acids is 2. The monoisotopic (exact) mass is 374 g/mol. The van der Waals surface area contributed by atoms with Crippen molar-refractivity contribution in [2.45, 2.75) is 78.1 Å². The summed E-state index contributed by atoms with van der Waals surface area (Å²) in [7, 11) is 0. The highest BCUT2D eigenvalue weighted by molar-refractivity contribution is 5.84. The summed E-state index contributed by atoms with van der Waals surface area (Å²) in [6.07, 6.45) is 4.21. The van der Waals surface area contributed by atoms with Crippen molar-refractivity contribution in [3.8, 4) is 0 Å². The molecule has 0 radical (unpaired) electrons. The quantitative estimate of drug-likeness (QED) is 0.704. The minimum absolute atomic E-state index is 0.0980. The fourth-order valence-corrected chi connectivity index (χ4v) is 3.87. The van der Waals surface area contributed by atoms with Crippen molar-refractivity contribution < 1.29 is 20.4 Å². The van der Waals surface area contributed by atoms with Crippen molar-refractivity contribution in [2.75, 3.05) is 0 Å². The zero-order chi connectivity index (χ0) is 20.4.